The number of rotatable bonds is 6. The third kappa shape index (κ3) is 4.54. The predicted molar refractivity (Wildman–Crippen MR) is 116 cm³/mol. The fourth-order valence-electron chi connectivity index (χ4n) is 3.09. The molecule has 0 aliphatic carbocycles. The number of carbonyl (C=O) groups excluding carboxylic acids is 1. The third-order valence-corrected chi connectivity index (χ3v) is 4.79. The average molecular weight is 432 g/mol. The Hall–Kier alpha value is -4.33. The van der Waals surface area contributed by atoms with Gasteiger partial charge in [-0.15, -0.1) is 0 Å². The third-order valence-electron chi connectivity index (χ3n) is 4.79. The van der Waals surface area contributed by atoms with Gasteiger partial charge in [0.25, 0.3) is 5.69 Å². The summed E-state index contributed by atoms with van der Waals surface area (Å²) in [6.45, 7) is 1.84. The summed E-state index contributed by atoms with van der Waals surface area (Å²) in [6.07, 6.45) is 1.53. The van der Waals surface area contributed by atoms with Crippen molar-refractivity contribution in [2.45, 2.75) is 13.5 Å². The monoisotopic (exact) mass is 432 g/mol. The van der Waals surface area contributed by atoms with E-state index in [-0.39, 0.29) is 29.7 Å². The molecule has 1 aliphatic rings. The molecule has 1 heterocycles. The molecule has 0 aromatic heterocycles. The van der Waals surface area contributed by atoms with Gasteiger partial charge in [-0.25, -0.2) is 14.2 Å². The molecule has 32 heavy (non-hydrogen) atoms. The van der Waals surface area contributed by atoms with Crippen LogP contribution in [0.4, 0.5) is 10.1 Å². The highest BCUT2D eigenvalue weighted by Gasteiger charge is 2.26. The zero-order chi connectivity index (χ0) is 22.7. The molecule has 0 radical (unpaired) electrons. The molecule has 1 aliphatic heterocycles. The van der Waals surface area contributed by atoms with Crippen molar-refractivity contribution >= 4 is 23.6 Å². The van der Waals surface area contributed by atoms with Crippen LogP contribution in [0.15, 0.2) is 77.4 Å². The number of aliphatic imine (C=N–C) groups is 1. The molecular formula is C24H17FN2O5. The second kappa shape index (κ2) is 8.81. The minimum Gasteiger partial charge on any atom is -0.488 e. The number of hydrogen-bond donors (Lipinski definition) is 0. The Balaban J connectivity index is 1.59. The van der Waals surface area contributed by atoms with Crippen molar-refractivity contribution in [3.05, 3.63) is 111 Å². The van der Waals surface area contributed by atoms with Crippen molar-refractivity contribution in [1.29, 1.82) is 0 Å². The molecule has 7 nitrogen and oxygen atoms in total. The molecule has 3 aromatic carbocycles. The van der Waals surface area contributed by atoms with Crippen molar-refractivity contribution in [3.8, 4) is 5.75 Å². The Kier molecular flexibility index (Phi) is 5.76. The zero-order valence-electron chi connectivity index (χ0n) is 16.9. The van der Waals surface area contributed by atoms with Gasteiger partial charge in [0, 0.05) is 22.8 Å². The smallest absolute Gasteiger partial charge is 0.363 e. The maximum absolute atomic E-state index is 13.1. The van der Waals surface area contributed by atoms with Gasteiger partial charge in [-0.2, -0.15) is 0 Å². The number of benzene rings is 3. The summed E-state index contributed by atoms with van der Waals surface area (Å²) in [5, 5.41) is 11.2. The summed E-state index contributed by atoms with van der Waals surface area (Å²) in [5.41, 5.74) is 2.17. The molecule has 0 spiro atoms. The minimum atomic E-state index is -0.670. The number of nitro groups is 1. The number of cyclic esters (lactones) is 1. The van der Waals surface area contributed by atoms with Crippen LogP contribution in [0.1, 0.15) is 22.3 Å². The van der Waals surface area contributed by atoms with E-state index in [9.17, 15) is 19.3 Å². The van der Waals surface area contributed by atoms with E-state index in [1.54, 1.807) is 55.5 Å². The highest BCUT2D eigenvalue weighted by molar-refractivity contribution is 6.13. The van der Waals surface area contributed by atoms with Crippen molar-refractivity contribution < 1.29 is 23.6 Å². The molecule has 0 saturated heterocycles. The Morgan fingerprint density at radius 2 is 1.88 bits per heavy atom. The lowest BCUT2D eigenvalue weighted by molar-refractivity contribution is -0.385. The fourth-order valence-corrected chi connectivity index (χ4v) is 3.09. The van der Waals surface area contributed by atoms with Gasteiger partial charge < -0.3 is 9.47 Å². The number of para-hydroxylation sites is 1. The lowest BCUT2D eigenvalue weighted by Crippen LogP contribution is -2.06. The van der Waals surface area contributed by atoms with Gasteiger partial charge in [-0.05, 0) is 42.8 Å². The SMILES string of the molecule is Cc1ccc(C2=N/C(=C\c3ccccc3OCc3ccc(F)cc3)C(=O)O2)cc1[N+](=O)[O-]. The number of nitrogens with zero attached hydrogens (tertiary/aromatic N) is 2. The van der Waals surface area contributed by atoms with Gasteiger partial charge >= 0.3 is 5.97 Å². The zero-order valence-corrected chi connectivity index (χ0v) is 16.9. The molecule has 8 heteroatoms. The van der Waals surface area contributed by atoms with E-state index in [0.717, 1.165) is 5.56 Å². The maximum atomic E-state index is 13.1. The Labute approximate surface area is 182 Å². The van der Waals surface area contributed by atoms with Crippen LogP contribution in [0.5, 0.6) is 5.75 Å². The summed E-state index contributed by atoms with van der Waals surface area (Å²) < 4.78 is 24.1. The topological polar surface area (TPSA) is 91.0 Å². The lowest BCUT2D eigenvalue weighted by Gasteiger charge is -2.09. The van der Waals surface area contributed by atoms with E-state index >= 15 is 0 Å². The van der Waals surface area contributed by atoms with Crippen LogP contribution >= 0.6 is 0 Å². The highest BCUT2D eigenvalue weighted by Crippen LogP contribution is 2.27. The number of hydrogen-bond acceptors (Lipinski definition) is 6. The van der Waals surface area contributed by atoms with Gasteiger partial charge in [0.15, 0.2) is 5.70 Å². The molecule has 0 N–H and O–H groups in total. The molecule has 0 unspecified atom stereocenters. The number of esters is 1. The van der Waals surface area contributed by atoms with Crippen LogP contribution in [0.2, 0.25) is 0 Å². The molecule has 3 aromatic rings. The van der Waals surface area contributed by atoms with Gasteiger partial charge in [-0.3, -0.25) is 10.1 Å². The summed E-state index contributed by atoms with van der Waals surface area (Å²) in [7, 11) is 0. The number of nitro benzene ring substituents is 1. The first kappa shape index (κ1) is 20.9. The van der Waals surface area contributed by atoms with Crippen LogP contribution in [0, 0.1) is 22.9 Å². The van der Waals surface area contributed by atoms with Gasteiger partial charge in [0.05, 0.1) is 4.92 Å². The van der Waals surface area contributed by atoms with Gasteiger partial charge in [0.1, 0.15) is 18.2 Å². The van der Waals surface area contributed by atoms with E-state index in [2.05, 4.69) is 4.99 Å². The Morgan fingerprint density at radius 1 is 1.12 bits per heavy atom. The van der Waals surface area contributed by atoms with E-state index in [1.807, 2.05) is 0 Å². The Bertz CT molecular complexity index is 1270. The molecule has 0 atom stereocenters. The largest absolute Gasteiger partial charge is 0.488 e. The molecule has 0 saturated carbocycles. The van der Waals surface area contributed by atoms with E-state index in [1.165, 1.54) is 24.3 Å². The predicted octanol–water partition coefficient (Wildman–Crippen LogP) is 4.97. The quantitative estimate of drug-likeness (QED) is 0.237. The molecule has 160 valence electrons. The molecule has 0 amide bonds. The number of carbonyl (C=O) groups is 1. The molecule has 0 bridgehead atoms. The van der Waals surface area contributed by atoms with Crippen LogP contribution in [-0.4, -0.2) is 16.8 Å². The van der Waals surface area contributed by atoms with Crippen LogP contribution in [0.3, 0.4) is 0 Å². The second-order valence-electron chi connectivity index (χ2n) is 7.05. The van der Waals surface area contributed by atoms with Gasteiger partial charge in [-0.1, -0.05) is 36.4 Å². The Morgan fingerprint density at radius 3 is 2.62 bits per heavy atom. The fraction of sp³-hybridized carbons (Fsp3) is 0.0833. The second-order valence-corrected chi connectivity index (χ2v) is 7.05. The van der Waals surface area contributed by atoms with Crippen molar-refractivity contribution in [1.82, 2.24) is 0 Å². The van der Waals surface area contributed by atoms with E-state index < -0.39 is 10.9 Å². The highest BCUT2D eigenvalue weighted by atomic mass is 19.1. The van der Waals surface area contributed by atoms with Crippen LogP contribution < -0.4 is 4.74 Å². The standard InChI is InChI=1S/C24H17FN2O5/c1-15-6-9-18(13-21(15)27(29)30)23-26-20(24(28)32-23)12-17-4-2-3-5-22(17)31-14-16-7-10-19(25)11-8-16/h2-13H,14H2,1H3/b20-12-. The number of ether oxygens (including phenoxy) is 2. The number of halogens is 1. The summed E-state index contributed by atoms with van der Waals surface area (Å²) in [5.74, 6) is -0.497. The molecule has 0 fully saturated rings. The van der Waals surface area contributed by atoms with Gasteiger partial charge in [0.2, 0.25) is 5.90 Å². The lowest BCUT2D eigenvalue weighted by atomic mass is 10.1. The van der Waals surface area contributed by atoms with E-state index in [4.69, 9.17) is 9.47 Å². The van der Waals surface area contributed by atoms with Crippen molar-refractivity contribution in [2.24, 2.45) is 4.99 Å². The molecular weight excluding hydrogens is 415 g/mol. The minimum absolute atomic E-state index is 0.00550. The summed E-state index contributed by atoms with van der Waals surface area (Å²) in [4.78, 5) is 27.3. The number of aryl methyl sites for hydroxylation is 1. The van der Waals surface area contributed by atoms with Crippen molar-refractivity contribution in [3.63, 3.8) is 0 Å². The molecule has 4 rings (SSSR count). The van der Waals surface area contributed by atoms with Crippen molar-refractivity contribution in [2.75, 3.05) is 0 Å². The first-order valence-corrected chi connectivity index (χ1v) is 9.65. The maximum Gasteiger partial charge on any atom is 0.363 e. The average Bonchev–Trinajstić information content (AvgIpc) is 3.14. The van der Waals surface area contributed by atoms with E-state index in [0.29, 0.717) is 22.4 Å². The van der Waals surface area contributed by atoms with Crippen LogP contribution in [-0.2, 0) is 16.1 Å². The first-order chi connectivity index (χ1) is 15.4. The first-order valence-electron chi connectivity index (χ1n) is 9.65. The summed E-state index contributed by atoms with van der Waals surface area (Å²) >= 11 is 0. The normalized spacial score (nSPS) is 14.2. The van der Waals surface area contributed by atoms with Crippen LogP contribution in [0.25, 0.3) is 6.08 Å². The summed E-state index contributed by atoms with van der Waals surface area (Å²) in [6, 6.07) is 17.5.